The zero-order chi connectivity index (χ0) is 15.4. The fourth-order valence-electron chi connectivity index (χ4n) is 2.12. The molecular formula is C18H17NO2. The van der Waals surface area contributed by atoms with Gasteiger partial charge in [-0.05, 0) is 61.7 Å². The Balaban J connectivity index is 2.22. The molecule has 3 heteroatoms. The van der Waals surface area contributed by atoms with Gasteiger partial charge in [-0.2, -0.15) is 5.26 Å². The number of nitrogens with zero attached hydrogens (tertiary/aromatic N) is 1. The molecule has 0 saturated carbocycles. The second-order valence-electron chi connectivity index (χ2n) is 5.10. The molecule has 0 aliphatic rings. The average Bonchev–Trinajstić information content (AvgIpc) is 2.45. The first-order chi connectivity index (χ1) is 10.0. The maximum Gasteiger partial charge on any atom is 0.163 e. The fourth-order valence-corrected chi connectivity index (χ4v) is 2.12. The third-order valence-corrected chi connectivity index (χ3v) is 3.37. The summed E-state index contributed by atoms with van der Waals surface area (Å²) >= 11 is 0. The number of hydrogen-bond donors (Lipinski definition) is 0. The first-order valence-corrected chi connectivity index (χ1v) is 6.75. The highest BCUT2D eigenvalue weighted by Crippen LogP contribution is 2.23. The largest absolute Gasteiger partial charge is 0.488 e. The van der Waals surface area contributed by atoms with Gasteiger partial charge in [0.1, 0.15) is 12.4 Å². The third kappa shape index (κ3) is 3.49. The fraction of sp³-hybridized carbons (Fsp3) is 0.222. The Bertz CT molecular complexity index is 726. The summed E-state index contributed by atoms with van der Waals surface area (Å²) in [5, 5.41) is 8.87. The van der Waals surface area contributed by atoms with E-state index < -0.39 is 0 Å². The first-order valence-electron chi connectivity index (χ1n) is 6.75. The van der Waals surface area contributed by atoms with E-state index in [4.69, 9.17) is 10.00 Å². The van der Waals surface area contributed by atoms with Crippen LogP contribution in [0.15, 0.2) is 36.4 Å². The molecule has 0 aliphatic heterocycles. The molecule has 0 amide bonds. The lowest BCUT2D eigenvalue weighted by atomic mass is 10.1. The van der Waals surface area contributed by atoms with Gasteiger partial charge in [0, 0.05) is 0 Å². The van der Waals surface area contributed by atoms with Crippen LogP contribution >= 0.6 is 0 Å². The highest BCUT2D eigenvalue weighted by atomic mass is 16.5. The van der Waals surface area contributed by atoms with Crippen LogP contribution in [-0.4, -0.2) is 5.78 Å². The number of rotatable bonds is 4. The summed E-state index contributed by atoms with van der Waals surface area (Å²) in [6.07, 6.45) is 0. The van der Waals surface area contributed by atoms with Gasteiger partial charge >= 0.3 is 0 Å². The zero-order valence-electron chi connectivity index (χ0n) is 12.4. The lowest BCUT2D eigenvalue weighted by molar-refractivity contribution is 0.101. The van der Waals surface area contributed by atoms with Crippen molar-refractivity contribution in [2.75, 3.05) is 0 Å². The maximum atomic E-state index is 11.6. The molecule has 0 fully saturated rings. The molecule has 0 unspecified atom stereocenters. The van der Waals surface area contributed by atoms with E-state index in [-0.39, 0.29) is 5.78 Å². The highest BCUT2D eigenvalue weighted by molar-refractivity contribution is 5.96. The minimum absolute atomic E-state index is 0.0125. The topological polar surface area (TPSA) is 50.1 Å². The van der Waals surface area contributed by atoms with E-state index in [2.05, 4.69) is 6.07 Å². The van der Waals surface area contributed by atoms with Crippen LogP contribution in [0.4, 0.5) is 0 Å². The Kier molecular flexibility index (Phi) is 4.39. The molecule has 0 bridgehead atoms. The van der Waals surface area contributed by atoms with E-state index in [0.29, 0.717) is 23.5 Å². The zero-order valence-corrected chi connectivity index (χ0v) is 12.4. The number of aryl methyl sites for hydroxylation is 2. The Morgan fingerprint density at radius 1 is 1.19 bits per heavy atom. The van der Waals surface area contributed by atoms with Gasteiger partial charge in [-0.15, -0.1) is 0 Å². The number of nitriles is 1. The number of ether oxygens (including phenoxy) is 1. The normalized spacial score (nSPS) is 10.0. The molecule has 2 aromatic rings. The quantitative estimate of drug-likeness (QED) is 0.796. The smallest absolute Gasteiger partial charge is 0.163 e. The van der Waals surface area contributed by atoms with E-state index >= 15 is 0 Å². The third-order valence-electron chi connectivity index (χ3n) is 3.37. The molecule has 2 rings (SSSR count). The number of hydrogen-bond acceptors (Lipinski definition) is 3. The molecule has 0 spiro atoms. The van der Waals surface area contributed by atoms with Gasteiger partial charge in [-0.3, -0.25) is 4.79 Å². The molecule has 0 radical (unpaired) electrons. The van der Waals surface area contributed by atoms with E-state index in [1.165, 1.54) is 6.92 Å². The lowest BCUT2D eigenvalue weighted by Crippen LogP contribution is -2.03. The molecule has 106 valence electrons. The van der Waals surface area contributed by atoms with Crippen LogP contribution in [0.2, 0.25) is 0 Å². The SMILES string of the molecule is CC(=O)c1ccc(C)cc1OCc1ccc(C#N)cc1C. The van der Waals surface area contributed by atoms with Gasteiger partial charge in [-0.1, -0.05) is 12.1 Å². The van der Waals surface area contributed by atoms with Gasteiger partial charge in [0.15, 0.2) is 5.78 Å². The number of ketones is 1. The number of carbonyl (C=O) groups is 1. The van der Waals surface area contributed by atoms with Crippen molar-refractivity contribution in [3.8, 4) is 11.8 Å². The summed E-state index contributed by atoms with van der Waals surface area (Å²) < 4.78 is 5.82. The van der Waals surface area contributed by atoms with Gasteiger partial charge in [0.2, 0.25) is 0 Å². The molecule has 21 heavy (non-hydrogen) atoms. The molecule has 0 heterocycles. The second-order valence-corrected chi connectivity index (χ2v) is 5.10. The van der Waals surface area contributed by atoms with Gasteiger partial charge < -0.3 is 4.74 Å². The van der Waals surface area contributed by atoms with E-state index in [1.54, 1.807) is 12.1 Å². The summed E-state index contributed by atoms with van der Waals surface area (Å²) in [6, 6.07) is 13.2. The van der Waals surface area contributed by atoms with E-state index in [9.17, 15) is 4.79 Å². The van der Waals surface area contributed by atoms with Crippen LogP contribution in [0.3, 0.4) is 0 Å². The van der Waals surface area contributed by atoms with Gasteiger partial charge in [-0.25, -0.2) is 0 Å². The Hall–Kier alpha value is -2.60. The van der Waals surface area contributed by atoms with Gasteiger partial charge in [0.05, 0.1) is 17.2 Å². The highest BCUT2D eigenvalue weighted by Gasteiger charge is 2.09. The summed E-state index contributed by atoms with van der Waals surface area (Å²) in [4.78, 5) is 11.6. The Morgan fingerprint density at radius 3 is 2.57 bits per heavy atom. The van der Waals surface area contributed by atoms with Crippen molar-refractivity contribution in [3.05, 3.63) is 64.2 Å². The predicted octanol–water partition coefficient (Wildman–Crippen LogP) is 3.96. The Labute approximate surface area is 124 Å². The average molecular weight is 279 g/mol. The molecule has 0 aromatic heterocycles. The van der Waals surface area contributed by atoms with Crippen LogP contribution in [0.5, 0.6) is 5.75 Å². The minimum atomic E-state index is -0.0125. The standard InChI is InChI=1S/C18H17NO2/c1-12-4-7-17(14(3)20)18(8-12)21-11-16-6-5-15(10-19)9-13(16)2/h4-9H,11H2,1-3H3. The number of carbonyl (C=O) groups excluding carboxylic acids is 1. The van der Waals surface area contributed by atoms with E-state index in [1.807, 2.05) is 38.1 Å². The number of Topliss-reactive ketones (excluding diaryl/α,β-unsaturated/α-hetero) is 1. The molecule has 0 N–H and O–H groups in total. The van der Waals surface area contributed by atoms with Crippen molar-refractivity contribution in [3.63, 3.8) is 0 Å². The predicted molar refractivity (Wildman–Crippen MR) is 81.4 cm³/mol. The monoisotopic (exact) mass is 279 g/mol. The van der Waals surface area contributed by atoms with Crippen molar-refractivity contribution in [1.29, 1.82) is 5.26 Å². The van der Waals surface area contributed by atoms with Crippen molar-refractivity contribution in [1.82, 2.24) is 0 Å². The molecule has 3 nitrogen and oxygen atoms in total. The van der Waals surface area contributed by atoms with Crippen LogP contribution in [0.1, 0.15) is 39.5 Å². The molecule has 0 atom stereocenters. The summed E-state index contributed by atoms with van der Waals surface area (Å²) in [5.74, 6) is 0.591. The van der Waals surface area contributed by atoms with Crippen molar-refractivity contribution < 1.29 is 9.53 Å². The van der Waals surface area contributed by atoms with Crippen molar-refractivity contribution >= 4 is 5.78 Å². The second kappa shape index (κ2) is 6.23. The van der Waals surface area contributed by atoms with Crippen LogP contribution in [-0.2, 0) is 6.61 Å². The summed E-state index contributed by atoms with van der Waals surface area (Å²) in [7, 11) is 0. The summed E-state index contributed by atoms with van der Waals surface area (Å²) in [6.45, 7) is 5.82. The molecular weight excluding hydrogens is 262 g/mol. The Morgan fingerprint density at radius 2 is 1.95 bits per heavy atom. The van der Waals surface area contributed by atoms with Crippen LogP contribution in [0, 0.1) is 25.2 Å². The molecule has 0 aliphatic carbocycles. The molecule has 0 saturated heterocycles. The van der Waals surface area contributed by atoms with Gasteiger partial charge in [0.25, 0.3) is 0 Å². The minimum Gasteiger partial charge on any atom is -0.488 e. The van der Waals surface area contributed by atoms with Crippen molar-refractivity contribution in [2.45, 2.75) is 27.4 Å². The lowest BCUT2D eigenvalue weighted by Gasteiger charge is -2.12. The first kappa shape index (κ1) is 14.8. The van der Waals surface area contributed by atoms with Crippen LogP contribution in [0.25, 0.3) is 0 Å². The molecule has 2 aromatic carbocycles. The number of benzene rings is 2. The maximum absolute atomic E-state index is 11.6. The summed E-state index contributed by atoms with van der Waals surface area (Å²) in [5.41, 5.74) is 4.28. The van der Waals surface area contributed by atoms with Crippen LogP contribution < -0.4 is 4.74 Å². The van der Waals surface area contributed by atoms with E-state index in [0.717, 1.165) is 16.7 Å². The van der Waals surface area contributed by atoms with Crippen molar-refractivity contribution in [2.24, 2.45) is 0 Å².